The van der Waals surface area contributed by atoms with Gasteiger partial charge >= 0.3 is 0 Å². The fourth-order valence-corrected chi connectivity index (χ4v) is 1.92. The lowest BCUT2D eigenvalue weighted by molar-refractivity contribution is 0.128. The summed E-state index contributed by atoms with van der Waals surface area (Å²) in [7, 11) is 2.08. The van der Waals surface area contributed by atoms with Crippen molar-refractivity contribution >= 4 is 11.6 Å². The first-order chi connectivity index (χ1) is 9.71. The van der Waals surface area contributed by atoms with Crippen LogP contribution in [0, 0.1) is 0 Å². The molecular formula is C15H28N4O. The Labute approximate surface area is 122 Å². The topological polar surface area (TPSA) is 50.3 Å². The van der Waals surface area contributed by atoms with E-state index in [1.165, 1.54) is 19.3 Å². The normalized spacial score (nSPS) is 10.6. The average molecular weight is 280 g/mol. The van der Waals surface area contributed by atoms with Gasteiger partial charge in [-0.15, -0.1) is 0 Å². The Morgan fingerprint density at radius 1 is 1.20 bits per heavy atom. The molecule has 0 fully saturated rings. The number of hydrogen-bond donors (Lipinski definition) is 1. The minimum Gasteiger partial charge on any atom is -0.374 e. The SMILES string of the molecule is CCCCCN(C)c1cc(NCC)nc(COCC)n1. The van der Waals surface area contributed by atoms with Crippen LogP contribution < -0.4 is 10.2 Å². The monoisotopic (exact) mass is 280 g/mol. The molecular weight excluding hydrogens is 252 g/mol. The van der Waals surface area contributed by atoms with Gasteiger partial charge in [-0.1, -0.05) is 19.8 Å². The van der Waals surface area contributed by atoms with Crippen molar-refractivity contribution in [2.75, 3.05) is 37.0 Å². The summed E-state index contributed by atoms with van der Waals surface area (Å²) >= 11 is 0. The Balaban J connectivity index is 2.78. The lowest BCUT2D eigenvalue weighted by Gasteiger charge is -2.19. The van der Waals surface area contributed by atoms with Crippen LogP contribution in [-0.2, 0) is 11.3 Å². The summed E-state index contributed by atoms with van der Waals surface area (Å²) in [5, 5.41) is 3.25. The van der Waals surface area contributed by atoms with Crippen molar-refractivity contribution in [3.05, 3.63) is 11.9 Å². The molecule has 0 saturated heterocycles. The highest BCUT2D eigenvalue weighted by atomic mass is 16.5. The largest absolute Gasteiger partial charge is 0.374 e. The second kappa shape index (κ2) is 9.53. The molecule has 1 aromatic heterocycles. The number of nitrogens with zero attached hydrogens (tertiary/aromatic N) is 3. The van der Waals surface area contributed by atoms with Crippen molar-refractivity contribution in [3.8, 4) is 0 Å². The van der Waals surface area contributed by atoms with Gasteiger partial charge in [0.25, 0.3) is 0 Å². The predicted octanol–water partition coefficient (Wildman–Crippen LogP) is 3.07. The number of hydrogen-bond acceptors (Lipinski definition) is 5. The number of rotatable bonds is 10. The van der Waals surface area contributed by atoms with Gasteiger partial charge in [-0.2, -0.15) is 0 Å². The first kappa shape index (κ1) is 16.7. The first-order valence-corrected chi connectivity index (χ1v) is 7.61. The third-order valence-electron chi connectivity index (χ3n) is 3.04. The van der Waals surface area contributed by atoms with E-state index in [1.807, 2.05) is 13.0 Å². The van der Waals surface area contributed by atoms with Crippen LogP contribution in [0.1, 0.15) is 45.9 Å². The highest BCUT2D eigenvalue weighted by molar-refractivity contribution is 5.48. The van der Waals surface area contributed by atoms with Gasteiger partial charge in [-0.25, -0.2) is 9.97 Å². The highest BCUT2D eigenvalue weighted by Gasteiger charge is 2.08. The van der Waals surface area contributed by atoms with Gasteiger partial charge in [0.2, 0.25) is 0 Å². The number of ether oxygens (including phenoxy) is 1. The minimum atomic E-state index is 0.464. The molecule has 0 radical (unpaired) electrons. The van der Waals surface area contributed by atoms with Crippen LogP contribution >= 0.6 is 0 Å². The molecule has 0 aliphatic carbocycles. The van der Waals surface area contributed by atoms with Crippen LogP contribution in [0.4, 0.5) is 11.6 Å². The van der Waals surface area contributed by atoms with Crippen molar-refractivity contribution < 1.29 is 4.74 Å². The molecule has 0 aliphatic heterocycles. The Kier molecular flexibility index (Phi) is 7.95. The predicted molar refractivity (Wildman–Crippen MR) is 84.3 cm³/mol. The van der Waals surface area contributed by atoms with Gasteiger partial charge < -0.3 is 15.0 Å². The van der Waals surface area contributed by atoms with Gasteiger partial charge in [0.1, 0.15) is 18.2 Å². The number of nitrogens with one attached hydrogen (secondary N) is 1. The molecule has 0 aromatic carbocycles. The standard InChI is InChI=1S/C15H28N4O/c1-5-8-9-10-19(4)15-11-13(16-6-2)17-14(18-15)12-20-7-3/h11H,5-10,12H2,1-4H3,(H,16,17,18). The van der Waals surface area contributed by atoms with E-state index in [2.05, 4.69) is 41.1 Å². The summed E-state index contributed by atoms with van der Waals surface area (Å²) in [6, 6.07) is 2.00. The maximum atomic E-state index is 5.41. The Morgan fingerprint density at radius 3 is 2.65 bits per heavy atom. The van der Waals surface area contributed by atoms with Gasteiger partial charge in [0.05, 0.1) is 0 Å². The molecule has 0 aliphatic rings. The highest BCUT2D eigenvalue weighted by Crippen LogP contribution is 2.16. The second-order valence-electron chi connectivity index (χ2n) is 4.82. The Morgan fingerprint density at radius 2 is 2.00 bits per heavy atom. The van der Waals surface area contributed by atoms with E-state index in [-0.39, 0.29) is 0 Å². The summed E-state index contributed by atoms with van der Waals surface area (Å²) in [6.45, 7) is 9.27. The van der Waals surface area contributed by atoms with Crippen LogP contribution in [0.5, 0.6) is 0 Å². The van der Waals surface area contributed by atoms with E-state index < -0.39 is 0 Å². The van der Waals surface area contributed by atoms with Crippen LogP contribution in [0.15, 0.2) is 6.07 Å². The fraction of sp³-hybridized carbons (Fsp3) is 0.733. The summed E-state index contributed by atoms with van der Waals surface area (Å²) in [5.41, 5.74) is 0. The van der Waals surface area contributed by atoms with Crippen molar-refractivity contribution in [1.29, 1.82) is 0 Å². The maximum Gasteiger partial charge on any atom is 0.158 e. The van der Waals surface area contributed by atoms with E-state index in [0.717, 1.165) is 30.5 Å². The summed E-state index contributed by atoms with van der Waals surface area (Å²) in [6.07, 6.45) is 3.67. The van der Waals surface area contributed by atoms with Crippen molar-refractivity contribution in [2.24, 2.45) is 0 Å². The van der Waals surface area contributed by atoms with Gasteiger partial charge in [-0.3, -0.25) is 0 Å². The zero-order valence-corrected chi connectivity index (χ0v) is 13.3. The van der Waals surface area contributed by atoms with E-state index in [0.29, 0.717) is 13.2 Å². The molecule has 5 nitrogen and oxygen atoms in total. The molecule has 0 amide bonds. The zero-order chi connectivity index (χ0) is 14.8. The van der Waals surface area contributed by atoms with Gasteiger partial charge in [0.15, 0.2) is 5.82 Å². The minimum absolute atomic E-state index is 0.464. The second-order valence-corrected chi connectivity index (χ2v) is 4.82. The maximum absolute atomic E-state index is 5.41. The van der Waals surface area contributed by atoms with Crippen molar-refractivity contribution in [1.82, 2.24) is 9.97 Å². The summed E-state index contributed by atoms with van der Waals surface area (Å²) < 4.78 is 5.41. The third kappa shape index (κ3) is 5.74. The fourth-order valence-electron chi connectivity index (χ4n) is 1.92. The molecule has 1 heterocycles. The molecule has 0 atom stereocenters. The van der Waals surface area contributed by atoms with E-state index in [9.17, 15) is 0 Å². The lowest BCUT2D eigenvalue weighted by atomic mass is 10.2. The van der Waals surface area contributed by atoms with E-state index in [1.54, 1.807) is 0 Å². The number of aromatic nitrogens is 2. The lowest BCUT2D eigenvalue weighted by Crippen LogP contribution is -2.21. The average Bonchev–Trinajstić information content (AvgIpc) is 2.45. The molecule has 1 aromatic rings. The number of anilines is 2. The van der Waals surface area contributed by atoms with Crippen LogP contribution in [0.2, 0.25) is 0 Å². The van der Waals surface area contributed by atoms with Crippen LogP contribution in [0.25, 0.3) is 0 Å². The molecule has 0 unspecified atom stereocenters. The molecule has 1 rings (SSSR count). The Hall–Kier alpha value is -1.36. The molecule has 1 N–H and O–H groups in total. The zero-order valence-electron chi connectivity index (χ0n) is 13.3. The van der Waals surface area contributed by atoms with Crippen molar-refractivity contribution in [3.63, 3.8) is 0 Å². The first-order valence-electron chi connectivity index (χ1n) is 7.61. The molecule has 0 spiro atoms. The van der Waals surface area contributed by atoms with Crippen LogP contribution in [-0.4, -0.2) is 36.7 Å². The molecule has 20 heavy (non-hydrogen) atoms. The van der Waals surface area contributed by atoms with Crippen LogP contribution in [0.3, 0.4) is 0 Å². The third-order valence-corrected chi connectivity index (χ3v) is 3.04. The van der Waals surface area contributed by atoms with E-state index >= 15 is 0 Å². The summed E-state index contributed by atoms with van der Waals surface area (Å²) in [5.74, 6) is 2.57. The Bertz CT molecular complexity index is 384. The van der Waals surface area contributed by atoms with E-state index in [4.69, 9.17) is 4.74 Å². The molecule has 0 bridgehead atoms. The molecule has 0 saturated carbocycles. The van der Waals surface area contributed by atoms with Gasteiger partial charge in [0, 0.05) is 32.8 Å². The summed E-state index contributed by atoms with van der Waals surface area (Å²) in [4.78, 5) is 11.2. The molecule has 114 valence electrons. The smallest absolute Gasteiger partial charge is 0.158 e. The quantitative estimate of drug-likeness (QED) is 0.667. The van der Waals surface area contributed by atoms with Gasteiger partial charge in [-0.05, 0) is 20.3 Å². The number of unbranched alkanes of at least 4 members (excludes halogenated alkanes) is 2. The van der Waals surface area contributed by atoms with Crippen molar-refractivity contribution in [2.45, 2.75) is 46.6 Å². The molecule has 5 heteroatoms.